The quantitative estimate of drug-likeness (QED) is 0.938. The first-order valence-corrected chi connectivity index (χ1v) is 6.64. The van der Waals surface area contributed by atoms with Crippen molar-refractivity contribution in [2.75, 3.05) is 0 Å². The average molecular weight is 315 g/mol. The highest BCUT2D eigenvalue weighted by Gasteiger charge is 2.26. The van der Waals surface area contributed by atoms with Crippen LogP contribution in [0.1, 0.15) is 19.9 Å². The summed E-state index contributed by atoms with van der Waals surface area (Å²) in [6.45, 7) is 3.33. The third-order valence-electron chi connectivity index (χ3n) is 3.18. The van der Waals surface area contributed by atoms with E-state index in [0.29, 0.717) is 21.4 Å². The van der Waals surface area contributed by atoms with E-state index in [0.717, 1.165) is 0 Å². The van der Waals surface area contributed by atoms with Crippen molar-refractivity contribution >= 4 is 29.2 Å². The Bertz CT molecular complexity index is 644. The summed E-state index contributed by atoms with van der Waals surface area (Å²) in [5, 5.41) is 21.2. The zero-order valence-electron chi connectivity index (χ0n) is 10.8. The van der Waals surface area contributed by atoms with Gasteiger partial charge in [0.25, 0.3) is 0 Å². The lowest BCUT2D eigenvalue weighted by atomic mass is 10.0. The molecule has 0 fully saturated rings. The maximum absolute atomic E-state index is 11.1. The minimum Gasteiger partial charge on any atom is -0.481 e. The van der Waals surface area contributed by atoms with Crippen molar-refractivity contribution in [1.82, 2.24) is 20.2 Å². The second-order valence-corrected chi connectivity index (χ2v) is 5.20. The molecule has 6 nitrogen and oxygen atoms in total. The maximum Gasteiger partial charge on any atom is 0.308 e. The predicted octanol–water partition coefficient (Wildman–Crippen LogP) is 2.93. The Morgan fingerprint density at radius 2 is 2.05 bits per heavy atom. The molecular weight excluding hydrogens is 303 g/mol. The Kier molecular flexibility index (Phi) is 4.25. The number of carboxylic acids is 1. The zero-order chi connectivity index (χ0) is 14.9. The summed E-state index contributed by atoms with van der Waals surface area (Å²) >= 11 is 12.1. The molecular formula is C12H12Cl2N4O2. The summed E-state index contributed by atoms with van der Waals surface area (Å²) in [5.74, 6) is -1.18. The highest BCUT2D eigenvalue weighted by atomic mass is 35.5. The van der Waals surface area contributed by atoms with Gasteiger partial charge in [0.1, 0.15) is 0 Å². The summed E-state index contributed by atoms with van der Waals surface area (Å²) in [5.41, 5.74) is 0.564. The van der Waals surface area contributed by atoms with Crippen LogP contribution in [0.25, 0.3) is 11.4 Å². The van der Waals surface area contributed by atoms with Crippen LogP contribution >= 0.6 is 23.2 Å². The molecule has 2 aromatic rings. The molecule has 2 rings (SSSR count). The second kappa shape index (κ2) is 5.76. The molecule has 0 aliphatic carbocycles. The van der Waals surface area contributed by atoms with E-state index in [-0.39, 0.29) is 0 Å². The molecule has 2 atom stereocenters. The fourth-order valence-electron chi connectivity index (χ4n) is 1.74. The van der Waals surface area contributed by atoms with Crippen LogP contribution in [0.4, 0.5) is 0 Å². The van der Waals surface area contributed by atoms with Crippen LogP contribution in [0.15, 0.2) is 18.2 Å². The SMILES string of the molecule is CC(C(=O)O)C(C)n1nnnc1-c1cccc(Cl)c1Cl. The molecule has 1 heterocycles. The van der Waals surface area contributed by atoms with Gasteiger partial charge in [0, 0.05) is 5.56 Å². The standard InChI is InChI=1S/C12H12Cl2N4O2/c1-6(12(19)20)7(2)18-11(15-16-17-18)8-4-3-5-9(13)10(8)14/h3-7H,1-2H3,(H,19,20). The van der Waals surface area contributed by atoms with E-state index in [1.165, 1.54) is 4.68 Å². The van der Waals surface area contributed by atoms with Gasteiger partial charge in [0.15, 0.2) is 5.82 Å². The number of carbonyl (C=O) groups is 1. The van der Waals surface area contributed by atoms with Crippen LogP contribution in [0.2, 0.25) is 10.0 Å². The lowest BCUT2D eigenvalue weighted by Gasteiger charge is -2.17. The van der Waals surface area contributed by atoms with Crippen LogP contribution in [-0.4, -0.2) is 31.3 Å². The number of carboxylic acid groups (broad SMARTS) is 1. The van der Waals surface area contributed by atoms with E-state index in [4.69, 9.17) is 28.3 Å². The van der Waals surface area contributed by atoms with E-state index in [1.807, 2.05) is 0 Å². The molecule has 0 saturated carbocycles. The van der Waals surface area contributed by atoms with Crippen molar-refractivity contribution in [2.45, 2.75) is 19.9 Å². The molecule has 0 radical (unpaired) electrons. The van der Waals surface area contributed by atoms with Gasteiger partial charge in [-0.2, -0.15) is 0 Å². The van der Waals surface area contributed by atoms with Gasteiger partial charge in [-0.05, 0) is 36.4 Å². The average Bonchev–Trinajstić information content (AvgIpc) is 2.89. The highest BCUT2D eigenvalue weighted by Crippen LogP contribution is 2.33. The van der Waals surface area contributed by atoms with Gasteiger partial charge in [-0.1, -0.05) is 29.3 Å². The van der Waals surface area contributed by atoms with Crippen LogP contribution in [0.5, 0.6) is 0 Å². The van der Waals surface area contributed by atoms with Crippen molar-refractivity contribution in [3.63, 3.8) is 0 Å². The third kappa shape index (κ3) is 2.62. The Balaban J connectivity index is 2.48. The van der Waals surface area contributed by atoms with E-state index < -0.39 is 17.9 Å². The fraction of sp³-hybridized carbons (Fsp3) is 0.333. The number of halogens is 2. The van der Waals surface area contributed by atoms with Gasteiger partial charge >= 0.3 is 5.97 Å². The Morgan fingerprint density at radius 1 is 1.35 bits per heavy atom. The number of hydrogen-bond donors (Lipinski definition) is 1. The van der Waals surface area contributed by atoms with Gasteiger partial charge in [0.2, 0.25) is 0 Å². The first-order chi connectivity index (χ1) is 9.43. The van der Waals surface area contributed by atoms with Gasteiger partial charge < -0.3 is 5.11 Å². The van der Waals surface area contributed by atoms with Crippen LogP contribution in [-0.2, 0) is 4.79 Å². The molecule has 0 saturated heterocycles. The van der Waals surface area contributed by atoms with Crippen LogP contribution < -0.4 is 0 Å². The molecule has 20 heavy (non-hydrogen) atoms. The number of nitrogens with zero attached hydrogens (tertiary/aromatic N) is 4. The third-order valence-corrected chi connectivity index (χ3v) is 4.00. The van der Waals surface area contributed by atoms with Crippen molar-refractivity contribution in [1.29, 1.82) is 0 Å². The summed E-state index contributed by atoms with van der Waals surface area (Å²) in [4.78, 5) is 11.1. The minimum atomic E-state index is -0.920. The number of aromatic nitrogens is 4. The summed E-state index contributed by atoms with van der Waals surface area (Å²) in [6.07, 6.45) is 0. The second-order valence-electron chi connectivity index (χ2n) is 4.42. The van der Waals surface area contributed by atoms with E-state index in [9.17, 15) is 4.79 Å². The molecule has 1 aromatic carbocycles. The Morgan fingerprint density at radius 3 is 2.70 bits per heavy atom. The van der Waals surface area contributed by atoms with E-state index in [1.54, 1.807) is 32.0 Å². The molecule has 0 amide bonds. The Labute approximate surface area is 125 Å². The normalized spacial score (nSPS) is 14.0. The fourth-order valence-corrected chi connectivity index (χ4v) is 2.12. The molecule has 1 N–H and O–H groups in total. The molecule has 0 bridgehead atoms. The van der Waals surface area contributed by atoms with E-state index >= 15 is 0 Å². The van der Waals surface area contributed by atoms with Crippen LogP contribution in [0.3, 0.4) is 0 Å². The monoisotopic (exact) mass is 314 g/mol. The Hall–Kier alpha value is -1.66. The first kappa shape index (κ1) is 14.7. The predicted molar refractivity (Wildman–Crippen MR) is 74.8 cm³/mol. The van der Waals surface area contributed by atoms with Crippen LogP contribution in [0, 0.1) is 5.92 Å². The van der Waals surface area contributed by atoms with E-state index in [2.05, 4.69) is 15.5 Å². The molecule has 2 unspecified atom stereocenters. The number of benzene rings is 1. The maximum atomic E-state index is 11.1. The van der Waals surface area contributed by atoms with Gasteiger partial charge in [-0.3, -0.25) is 4.79 Å². The van der Waals surface area contributed by atoms with Crippen molar-refractivity contribution in [2.24, 2.45) is 5.92 Å². The minimum absolute atomic E-state index is 0.334. The molecule has 0 aliphatic rings. The molecule has 1 aromatic heterocycles. The van der Waals surface area contributed by atoms with Crippen molar-refractivity contribution < 1.29 is 9.90 Å². The largest absolute Gasteiger partial charge is 0.481 e. The van der Waals surface area contributed by atoms with Gasteiger partial charge in [-0.15, -0.1) is 5.10 Å². The zero-order valence-corrected chi connectivity index (χ0v) is 12.3. The smallest absolute Gasteiger partial charge is 0.308 e. The summed E-state index contributed by atoms with van der Waals surface area (Å²) < 4.78 is 1.44. The van der Waals surface area contributed by atoms with Crippen molar-refractivity contribution in [3.05, 3.63) is 28.2 Å². The molecule has 0 aliphatic heterocycles. The summed E-state index contributed by atoms with van der Waals surface area (Å²) in [7, 11) is 0. The summed E-state index contributed by atoms with van der Waals surface area (Å²) in [6, 6.07) is 4.69. The first-order valence-electron chi connectivity index (χ1n) is 5.88. The number of aliphatic carboxylic acids is 1. The lowest BCUT2D eigenvalue weighted by Crippen LogP contribution is -2.23. The molecule has 8 heteroatoms. The van der Waals surface area contributed by atoms with Gasteiger partial charge in [0.05, 0.1) is 22.0 Å². The number of rotatable bonds is 4. The number of tetrazole rings is 1. The topological polar surface area (TPSA) is 80.9 Å². The molecule has 106 valence electrons. The molecule has 0 spiro atoms. The highest BCUT2D eigenvalue weighted by molar-refractivity contribution is 6.43. The van der Waals surface area contributed by atoms with Crippen molar-refractivity contribution in [3.8, 4) is 11.4 Å². The lowest BCUT2D eigenvalue weighted by molar-refractivity contribution is -0.142. The number of hydrogen-bond acceptors (Lipinski definition) is 4. The van der Waals surface area contributed by atoms with Gasteiger partial charge in [-0.25, -0.2) is 4.68 Å².